The van der Waals surface area contributed by atoms with E-state index in [1.54, 1.807) is 21.3 Å². The monoisotopic (exact) mass is 315 g/mol. The van der Waals surface area contributed by atoms with Gasteiger partial charge in [-0.25, -0.2) is 0 Å². The van der Waals surface area contributed by atoms with Crippen LogP contribution in [0.3, 0.4) is 0 Å². The molecule has 2 aromatic rings. The van der Waals surface area contributed by atoms with Gasteiger partial charge in [0, 0.05) is 30.4 Å². The van der Waals surface area contributed by atoms with Crippen molar-refractivity contribution >= 4 is 5.69 Å². The van der Waals surface area contributed by atoms with E-state index in [9.17, 15) is 0 Å². The van der Waals surface area contributed by atoms with E-state index in [2.05, 4.69) is 43.0 Å². The summed E-state index contributed by atoms with van der Waals surface area (Å²) >= 11 is 0. The number of methoxy groups -OCH3 is 3. The summed E-state index contributed by atoms with van der Waals surface area (Å²) in [6.07, 6.45) is 0. The Kier molecular flexibility index (Phi) is 5.74. The second-order valence-electron chi connectivity index (χ2n) is 5.59. The van der Waals surface area contributed by atoms with E-state index in [0.29, 0.717) is 23.3 Å². The van der Waals surface area contributed by atoms with Gasteiger partial charge in [0.2, 0.25) is 5.75 Å². The number of nitrogens with zero attached hydrogens (tertiary/aromatic N) is 1. The van der Waals surface area contributed by atoms with E-state index < -0.39 is 0 Å². The van der Waals surface area contributed by atoms with E-state index in [4.69, 9.17) is 14.2 Å². The molecular formula is C19H25NO3. The predicted octanol–water partition coefficient (Wildman–Crippen LogP) is 4.13. The highest BCUT2D eigenvalue weighted by Gasteiger charge is 2.18. The molecule has 0 aliphatic rings. The maximum absolute atomic E-state index is 5.47. The molecule has 0 heterocycles. The fourth-order valence-electron chi connectivity index (χ4n) is 2.59. The molecule has 0 amide bonds. The van der Waals surface area contributed by atoms with E-state index in [1.165, 1.54) is 5.56 Å². The van der Waals surface area contributed by atoms with Crippen LogP contribution in [0.2, 0.25) is 0 Å². The third-order valence-electron chi connectivity index (χ3n) is 3.80. The van der Waals surface area contributed by atoms with Crippen LogP contribution in [-0.4, -0.2) is 27.4 Å². The molecule has 0 bridgehead atoms. The van der Waals surface area contributed by atoms with Gasteiger partial charge < -0.3 is 19.1 Å². The molecular weight excluding hydrogens is 290 g/mol. The van der Waals surface area contributed by atoms with Crippen LogP contribution < -0.4 is 19.1 Å². The third-order valence-corrected chi connectivity index (χ3v) is 3.80. The minimum atomic E-state index is 0.331. The summed E-state index contributed by atoms with van der Waals surface area (Å²) in [5.74, 6) is 1.95. The first kappa shape index (κ1) is 17.0. The highest BCUT2D eigenvalue weighted by Crippen LogP contribution is 2.41. The van der Waals surface area contributed by atoms with Gasteiger partial charge in [-0.05, 0) is 19.4 Å². The van der Waals surface area contributed by atoms with Crippen LogP contribution in [0.5, 0.6) is 17.2 Å². The molecule has 2 rings (SSSR count). The van der Waals surface area contributed by atoms with Crippen molar-refractivity contribution in [1.29, 1.82) is 0 Å². The molecule has 0 aliphatic carbocycles. The van der Waals surface area contributed by atoms with Crippen molar-refractivity contribution in [1.82, 2.24) is 0 Å². The summed E-state index contributed by atoms with van der Waals surface area (Å²) in [5, 5.41) is 0. The Morgan fingerprint density at radius 3 is 1.87 bits per heavy atom. The summed E-state index contributed by atoms with van der Waals surface area (Å²) in [6, 6.07) is 14.7. The first-order chi connectivity index (χ1) is 11.1. The van der Waals surface area contributed by atoms with Gasteiger partial charge in [-0.2, -0.15) is 0 Å². The number of hydrogen-bond acceptors (Lipinski definition) is 4. The molecule has 0 aromatic heterocycles. The molecule has 0 saturated heterocycles. The largest absolute Gasteiger partial charge is 0.493 e. The average molecular weight is 315 g/mol. The lowest BCUT2D eigenvalue weighted by atomic mass is 10.1. The molecule has 0 radical (unpaired) electrons. The molecule has 0 N–H and O–H groups in total. The second-order valence-corrected chi connectivity index (χ2v) is 5.59. The standard InChI is InChI=1S/C19H25NO3/c1-14(2)20(13-15-9-7-6-8-10-15)16-11-17(21-3)19(23-5)18(12-16)22-4/h6-12,14H,13H2,1-5H3. The Morgan fingerprint density at radius 1 is 0.870 bits per heavy atom. The minimum Gasteiger partial charge on any atom is -0.493 e. The molecule has 4 nitrogen and oxygen atoms in total. The summed E-state index contributed by atoms with van der Waals surface area (Å²) in [6.45, 7) is 5.16. The Bertz CT molecular complexity index is 601. The zero-order valence-electron chi connectivity index (χ0n) is 14.5. The van der Waals surface area contributed by atoms with Gasteiger partial charge in [0.1, 0.15) is 0 Å². The molecule has 0 atom stereocenters. The quantitative estimate of drug-likeness (QED) is 0.769. The molecule has 2 aromatic carbocycles. The van der Waals surface area contributed by atoms with Crippen molar-refractivity contribution in [2.75, 3.05) is 26.2 Å². The maximum atomic E-state index is 5.47. The van der Waals surface area contributed by atoms with Crippen molar-refractivity contribution < 1.29 is 14.2 Å². The van der Waals surface area contributed by atoms with Gasteiger partial charge in [0.05, 0.1) is 21.3 Å². The number of ether oxygens (including phenoxy) is 3. The van der Waals surface area contributed by atoms with E-state index in [0.717, 1.165) is 12.2 Å². The number of anilines is 1. The summed E-state index contributed by atoms with van der Waals surface area (Å²) in [7, 11) is 4.89. The lowest BCUT2D eigenvalue weighted by molar-refractivity contribution is 0.324. The number of hydrogen-bond donors (Lipinski definition) is 0. The Hall–Kier alpha value is -2.36. The zero-order chi connectivity index (χ0) is 16.8. The molecule has 0 aliphatic heterocycles. The van der Waals surface area contributed by atoms with E-state index in [-0.39, 0.29) is 0 Å². The predicted molar refractivity (Wildman–Crippen MR) is 93.9 cm³/mol. The fraction of sp³-hybridized carbons (Fsp3) is 0.368. The van der Waals surface area contributed by atoms with Crippen molar-refractivity contribution in [2.45, 2.75) is 26.4 Å². The highest BCUT2D eigenvalue weighted by atomic mass is 16.5. The maximum Gasteiger partial charge on any atom is 0.203 e. The van der Waals surface area contributed by atoms with Crippen molar-refractivity contribution in [2.24, 2.45) is 0 Å². The minimum absolute atomic E-state index is 0.331. The SMILES string of the molecule is COc1cc(N(Cc2ccccc2)C(C)C)cc(OC)c1OC. The van der Waals surface area contributed by atoms with Crippen molar-refractivity contribution in [3.63, 3.8) is 0 Å². The van der Waals surface area contributed by atoms with E-state index in [1.807, 2.05) is 18.2 Å². The van der Waals surface area contributed by atoms with Crippen LogP contribution in [0.4, 0.5) is 5.69 Å². The van der Waals surface area contributed by atoms with Gasteiger partial charge in [-0.15, -0.1) is 0 Å². The van der Waals surface area contributed by atoms with Crippen LogP contribution in [0, 0.1) is 0 Å². The lowest BCUT2D eigenvalue weighted by Gasteiger charge is -2.30. The number of benzene rings is 2. The first-order valence-corrected chi connectivity index (χ1v) is 7.71. The van der Waals surface area contributed by atoms with Gasteiger partial charge in [0.25, 0.3) is 0 Å². The van der Waals surface area contributed by atoms with Gasteiger partial charge in [-0.3, -0.25) is 0 Å². The topological polar surface area (TPSA) is 30.9 Å². The summed E-state index contributed by atoms with van der Waals surface area (Å²) in [5.41, 5.74) is 2.30. The van der Waals surface area contributed by atoms with Crippen LogP contribution in [-0.2, 0) is 6.54 Å². The van der Waals surface area contributed by atoms with Gasteiger partial charge >= 0.3 is 0 Å². The average Bonchev–Trinajstić information content (AvgIpc) is 2.58. The van der Waals surface area contributed by atoms with Crippen LogP contribution in [0.25, 0.3) is 0 Å². The Morgan fingerprint density at radius 2 is 1.43 bits per heavy atom. The smallest absolute Gasteiger partial charge is 0.203 e. The van der Waals surface area contributed by atoms with Crippen molar-refractivity contribution in [3.8, 4) is 17.2 Å². The highest BCUT2D eigenvalue weighted by molar-refractivity contribution is 5.64. The first-order valence-electron chi connectivity index (χ1n) is 7.71. The Balaban J connectivity index is 2.43. The fourth-order valence-corrected chi connectivity index (χ4v) is 2.59. The van der Waals surface area contributed by atoms with Gasteiger partial charge in [-0.1, -0.05) is 30.3 Å². The molecule has 0 unspecified atom stereocenters. The van der Waals surface area contributed by atoms with Gasteiger partial charge in [0.15, 0.2) is 11.5 Å². The molecule has 0 spiro atoms. The van der Waals surface area contributed by atoms with Crippen molar-refractivity contribution in [3.05, 3.63) is 48.0 Å². The normalized spacial score (nSPS) is 10.5. The van der Waals surface area contributed by atoms with E-state index >= 15 is 0 Å². The summed E-state index contributed by atoms with van der Waals surface area (Å²) in [4.78, 5) is 2.31. The van der Waals surface area contributed by atoms with Crippen LogP contribution in [0.15, 0.2) is 42.5 Å². The third kappa shape index (κ3) is 3.89. The molecule has 0 fully saturated rings. The lowest BCUT2D eigenvalue weighted by Crippen LogP contribution is -2.30. The van der Waals surface area contributed by atoms with Crippen LogP contribution >= 0.6 is 0 Å². The number of rotatable bonds is 7. The molecule has 23 heavy (non-hydrogen) atoms. The Labute approximate surface area is 138 Å². The second kappa shape index (κ2) is 7.77. The molecule has 4 heteroatoms. The molecule has 124 valence electrons. The molecule has 0 saturated carbocycles. The van der Waals surface area contributed by atoms with Crippen LogP contribution in [0.1, 0.15) is 19.4 Å². The summed E-state index contributed by atoms with van der Waals surface area (Å²) < 4.78 is 16.3. The zero-order valence-corrected chi connectivity index (χ0v) is 14.5.